The molecule has 1 atom stereocenters. The summed E-state index contributed by atoms with van der Waals surface area (Å²) in [5.41, 5.74) is 3.33. The minimum Gasteiger partial charge on any atom is -0.497 e. The molecule has 30 heavy (non-hydrogen) atoms. The van der Waals surface area contributed by atoms with Gasteiger partial charge < -0.3 is 14.6 Å². The van der Waals surface area contributed by atoms with Crippen molar-refractivity contribution in [3.63, 3.8) is 0 Å². The maximum atomic E-state index is 13.5. The molecule has 7 nitrogen and oxygen atoms in total. The molecule has 4 aromatic rings. The lowest BCUT2D eigenvalue weighted by molar-refractivity contribution is 0.0934. The Hall–Kier alpha value is -3.00. The molecule has 1 amide bonds. The summed E-state index contributed by atoms with van der Waals surface area (Å²) in [6.07, 6.45) is 4.74. The number of carbonyl (C=O) groups is 1. The monoisotopic (exact) mass is 423 g/mol. The Morgan fingerprint density at radius 3 is 2.87 bits per heavy atom. The molecular weight excluding hydrogens is 398 g/mol. The van der Waals surface area contributed by atoms with Crippen LogP contribution in [0.1, 0.15) is 34.3 Å². The number of benzene rings is 1. The molecule has 0 bridgehead atoms. The van der Waals surface area contributed by atoms with Crippen LogP contribution in [0.15, 0.2) is 42.6 Å². The molecule has 0 saturated carbocycles. The molecular formula is C22H25N5O2S. The van der Waals surface area contributed by atoms with Crippen molar-refractivity contribution in [2.24, 2.45) is 7.05 Å². The maximum absolute atomic E-state index is 13.5. The van der Waals surface area contributed by atoms with Crippen LogP contribution in [-0.2, 0) is 7.05 Å². The second-order valence-corrected chi connectivity index (χ2v) is 8.18. The van der Waals surface area contributed by atoms with Crippen LogP contribution in [0.4, 0.5) is 0 Å². The highest BCUT2D eigenvalue weighted by atomic mass is 32.2. The zero-order valence-corrected chi connectivity index (χ0v) is 18.4. The second kappa shape index (κ2) is 8.39. The highest BCUT2D eigenvalue weighted by Crippen LogP contribution is 2.29. The first-order valence-electron chi connectivity index (χ1n) is 9.77. The number of hydrogen-bond donors (Lipinski definition) is 1. The van der Waals surface area contributed by atoms with Crippen molar-refractivity contribution in [2.45, 2.75) is 19.4 Å². The Balaban J connectivity index is 1.74. The van der Waals surface area contributed by atoms with Crippen molar-refractivity contribution in [1.29, 1.82) is 0 Å². The average Bonchev–Trinajstić information content (AvgIpc) is 3.30. The third-order valence-corrected chi connectivity index (χ3v) is 6.14. The third kappa shape index (κ3) is 3.52. The topological polar surface area (TPSA) is 73.4 Å². The van der Waals surface area contributed by atoms with E-state index in [4.69, 9.17) is 4.74 Å². The van der Waals surface area contributed by atoms with Crippen LogP contribution in [0.2, 0.25) is 0 Å². The minimum atomic E-state index is -0.248. The summed E-state index contributed by atoms with van der Waals surface area (Å²) in [4.78, 5) is 13.5. The number of fused-ring (bicyclic) bond motifs is 2. The Labute approximate surface area is 179 Å². The van der Waals surface area contributed by atoms with Gasteiger partial charge in [0, 0.05) is 29.8 Å². The van der Waals surface area contributed by atoms with Crippen molar-refractivity contribution >= 4 is 34.2 Å². The van der Waals surface area contributed by atoms with E-state index in [1.165, 1.54) is 0 Å². The molecule has 0 spiro atoms. The number of thioether (sulfide) groups is 1. The number of aryl methyl sites for hydroxylation is 1. The Morgan fingerprint density at radius 2 is 2.10 bits per heavy atom. The number of pyridine rings is 1. The lowest BCUT2D eigenvalue weighted by Gasteiger charge is -2.17. The summed E-state index contributed by atoms with van der Waals surface area (Å²) in [6, 6.07) is 11.3. The number of methoxy groups -OCH3 is 1. The second-order valence-electron chi connectivity index (χ2n) is 7.20. The molecule has 0 fully saturated rings. The summed E-state index contributed by atoms with van der Waals surface area (Å²) in [5, 5.41) is 12.7. The molecule has 8 heteroatoms. The van der Waals surface area contributed by atoms with Gasteiger partial charge in [-0.15, -0.1) is 10.2 Å². The molecule has 0 aliphatic rings. The average molecular weight is 424 g/mol. The van der Waals surface area contributed by atoms with Crippen LogP contribution in [0.25, 0.3) is 16.6 Å². The first kappa shape index (κ1) is 20.3. The summed E-state index contributed by atoms with van der Waals surface area (Å²) in [6.45, 7) is 1.96. The van der Waals surface area contributed by atoms with Crippen LogP contribution in [0, 0.1) is 6.92 Å². The van der Waals surface area contributed by atoms with Crippen LogP contribution in [0.5, 0.6) is 5.75 Å². The third-order valence-electron chi connectivity index (χ3n) is 5.49. The molecule has 4 rings (SSSR count). The number of nitrogens with zero attached hydrogens (tertiary/aromatic N) is 4. The summed E-state index contributed by atoms with van der Waals surface area (Å²) in [7, 11) is 3.60. The van der Waals surface area contributed by atoms with Gasteiger partial charge in [0.05, 0.1) is 18.7 Å². The van der Waals surface area contributed by atoms with Crippen LogP contribution < -0.4 is 10.1 Å². The van der Waals surface area contributed by atoms with Crippen molar-refractivity contribution in [2.75, 3.05) is 19.1 Å². The molecule has 0 saturated heterocycles. The smallest absolute Gasteiger partial charge is 0.254 e. The predicted octanol–water partition coefficient (Wildman–Crippen LogP) is 3.76. The molecule has 0 aliphatic heterocycles. The van der Waals surface area contributed by atoms with Gasteiger partial charge in [0.2, 0.25) is 0 Å². The molecule has 1 N–H and O–H groups in total. The van der Waals surface area contributed by atoms with Gasteiger partial charge in [0.15, 0.2) is 11.5 Å². The number of rotatable bonds is 7. The van der Waals surface area contributed by atoms with E-state index in [2.05, 4.69) is 21.8 Å². The minimum absolute atomic E-state index is 0.120. The maximum Gasteiger partial charge on any atom is 0.254 e. The molecule has 0 unspecified atom stereocenters. The van der Waals surface area contributed by atoms with Crippen LogP contribution in [-0.4, -0.2) is 44.2 Å². The Morgan fingerprint density at radius 1 is 1.27 bits per heavy atom. The summed E-state index contributed by atoms with van der Waals surface area (Å²) in [5.74, 6) is 2.24. The number of carbonyl (C=O) groups excluding carboxylic acids is 1. The molecule has 0 aliphatic carbocycles. The summed E-state index contributed by atoms with van der Waals surface area (Å²) >= 11 is 1.74. The number of hydrogen-bond acceptors (Lipinski definition) is 5. The number of nitrogens with one attached hydrogen (secondary N) is 1. The van der Waals surface area contributed by atoms with Crippen LogP contribution >= 0.6 is 11.8 Å². The van der Waals surface area contributed by atoms with E-state index < -0.39 is 0 Å². The SMILES string of the molecule is COc1ccc2c(c1)c(C(=O)N[C@H](CCSC)c1nnc3ccccn13)c(C)n2C. The van der Waals surface area contributed by atoms with Crippen molar-refractivity contribution < 1.29 is 9.53 Å². The molecule has 3 aromatic heterocycles. The number of ether oxygens (including phenoxy) is 1. The highest BCUT2D eigenvalue weighted by molar-refractivity contribution is 7.98. The first-order valence-corrected chi connectivity index (χ1v) is 11.2. The van der Waals surface area contributed by atoms with Gasteiger partial charge in [-0.1, -0.05) is 6.07 Å². The quantitative estimate of drug-likeness (QED) is 0.490. The van der Waals surface area contributed by atoms with Crippen molar-refractivity contribution in [3.8, 4) is 5.75 Å². The largest absolute Gasteiger partial charge is 0.497 e. The summed E-state index contributed by atoms with van der Waals surface area (Å²) < 4.78 is 9.35. The molecule has 156 valence electrons. The van der Waals surface area contributed by atoms with Gasteiger partial charge in [-0.3, -0.25) is 9.20 Å². The fourth-order valence-electron chi connectivity index (χ4n) is 3.79. The van der Waals surface area contributed by atoms with E-state index >= 15 is 0 Å². The highest BCUT2D eigenvalue weighted by Gasteiger charge is 2.25. The van der Waals surface area contributed by atoms with Gasteiger partial charge in [-0.2, -0.15) is 11.8 Å². The van der Waals surface area contributed by atoms with E-state index in [1.807, 2.05) is 65.5 Å². The van der Waals surface area contributed by atoms with E-state index in [-0.39, 0.29) is 11.9 Å². The fourth-order valence-corrected chi connectivity index (χ4v) is 4.27. The number of amides is 1. The van der Waals surface area contributed by atoms with Crippen molar-refractivity contribution in [1.82, 2.24) is 24.5 Å². The van der Waals surface area contributed by atoms with Crippen molar-refractivity contribution in [3.05, 3.63) is 59.7 Å². The first-order chi connectivity index (χ1) is 14.5. The Kier molecular flexibility index (Phi) is 5.67. The molecule has 3 heterocycles. The van der Waals surface area contributed by atoms with E-state index in [9.17, 15) is 4.79 Å². The predicted molar refractivity (Wildman–Crippen MR) is 120 cm³/mol. The normalized spacial score (nSPS) is 12.4. The number of aromatic nitrogens is 4. The van der Waals surface area contributed by atoms with Gasteiger partial charge in [-0.05, 0) is 55.7 Å². The van der Waals surface area contributed by atoms with Crippen LogP contribution in [0.3, 0.4) is 0 Å². The van der Waals surface area contributed by atoms with Gasteiger partial charge in [-0.25, -0.2) is 0 Å². The van der Waals surface area contributed by atoms with Gasteiger partial charge in [0.1, 0.15) is 5.75 Å². The lowest BCUT2D eigenvalue weighted by atomic mass is 10.1. The lowest BCUT2D eigenvalue weighted by Crippen LogP contribution is -2.31. The zero-order valence-electron chi connectivity index (χ0n) is 17.5. The van der Waals surface area contributed by atoms with Gasteiger partial charge in [0.25, 0.3) is 5.91 Å². The van der Waals surface area contributed by atoms with E-state index in [0.29, 0.717) is 5.56 Å². The Bertz CT molecular complexity index is 1210. The fraction of sp³-hybridized carbons (Fsp3) is 0.318. The standard InChI is InChI=1S/C22H25N5O2S/c1-14-20(16-13-15(29-3)8-9-18(16)26(14)2)22(28)23-17(10-12-30-4)21-25-24-19-7-5-6-11-27(19)21/h5-9,11,13,17H,10,12H2,1-4H3,(H,23,28)/t17-/m1/s1. The van der Waals surface area contributed by atoms with E-state index in [0.717, 1.165) is 46.0 Å². The zero-order chi connectivity index (χ0) is 21.3. The molecule has 0 radical (unpaired) electrons. The molecule has 1 aromatic carbocycles. The van der Waals surface area contributed by atoms with Gasteiger partial charge >= 0.3 is 0 Å². The van der Waals surface area contributed by atoms with E-state index in [1.54, 1.807) is 18.9 Å².